The Morgan fingerprint density at radius 1 is 1.06 bits per heavy atom. The van der Waals surface area contributed by atoms with Gasteiger partial charge in [0.05, 0.1) is 7.11 Å². The monoisotopic (exact) mass is 477 g/mol. The van der Waals surface area contributed by atoms with E-state index in [4.69, 9.17) is 14.6 Å². The summed E-state index contributed by atoms with van der Waals surface area (Å²) < 4.78 is 26.2. The smallest absolute Gasteiger partial charge is 0.303 e. The Bertz CT molecular complexity index is 1180. The molecule has 3 aromatic carbocycles. The van der Waals surface area contributed by atoms with E-state index in [9.17, 15) is 9.18 Å². The van der Waals surface area contributed by atoms with Gasteiger partial charge in [-0.1, -0.05) is 30.3 Å². The molecule has 4 rings (SSSR count). The number of hydrogen-bond acceptors (Lipinski definition) is 4. The highest BCUT2D eigenvalue weighted by atomic mass is 19.1. The fourth-order valence-electron chi connectivity index (χ4n) is 4.62. The molecular weight excluding hydrogens is 445 g/mol. The Hall–Kier alpha value is -3.38. The Balaban J connectivity index is 1.58. The minimum Gasteiger partial charge on any atom is -0.497 e. The molecule has 1 aliphatic rings. The molecule has 0 bridgehead atoms. The summed E-state index contributed by atoms with van der Waals surface area (Å²) in [5.74, 6) is 0.232. The maximum Gasteiger partial charge on any atom is 0.303 e. The average Bonchev–Trinajstić information content (AvgIpc) is 3.26. The van der Waals surface area contributed by atoms with Crippen molar-refractivity contribution in [2.24, 2.45) is 0 Å². The van der Waals surface area contributed by atoms with Gasteiger partial charge in [0.15, 0.2) is 0 Å². The fourth-order valence-corrected chi connectivity index (χ4v) is 4.62. The van der Waals surface area contributed by atoms with E-state index >= 15 is 0 Å². The first-order valence-electron chi connectivity index (χ1n) is 12.1. The Kier molecular flexibility index (Phi) is 8.03. The first-order valence-corrected chi connectivity index (χ1v) is 12.1. The number of carboxylic acids is 1. The van der Waals surface area contributed by atoms with E-state index in [2.05, 4.69) is 17.9 Å². The fraction of sp³-hybridized carbons (Fsp3) is 0.345. The van der Waals surface area contributed by atoms with Gasteiger partial charge in [-0.05, 0) is 85.3 Å². The largest absolute Gasteiger partial charge is 0.497 e. The third-order valence-corrected chi connectivity index (χ3v) is 6.63. The molecule has 5 nitrogen and oxygen atoms in total. The highest BCUT2D eigenvalue weighted by Gasteiger charge is 2.22. The molecule has 1 N–H and O–H groups in total. The molecule has 6 heteroatoms. The molecule has 3 aromatic rings. The summed E-state index contributed by atoms with van der Waals surface area (Å²) in [6.45, 7) is 4.38. The maximum absolute atomic E-state index is 14.9. The van der Waals surface area contributed by atoms with Crippen LogP contribution in [0.2, 0.25) is 0 Å². The predicted molar refractivity (Wildman–Crippen MR) is 134 cm³/mol. The van der Waals surface area contributed by atoms with Crippen molar-refractivity contribution >= 4 is 5.97 Å². The number of nitrogens with zero attached hydrogens (tertiary/aromatic N) is 1. The first kappa shape index (κ1) is 24.7. The number of rotatable bonds is 10. The molecular formula is C29H32FNO4. The molecule has 0 saturated carbocycles. The molecule has 1 unspecified atom stereocenters. The molecule has 35 heavy (non-hydrogen) atoms. The van der Waals surface area contributed by atoms with Gasteiger partial charge in [-0.3, -0.25) is 9.69 Å². The van der Waals surface area contributed by atoms with Crippen molar-refractivity contribution in [3.63, 3.8) is 0 Å². The number of carboxylic acid groups (broad SMARTS) is 1. The summed E-state index contributed by atoms with van der Waals surface area (Å²) in [7, 11) is 1.58. The van der Waals surface area contributed by atoms with Crippen LogP contribution in [-0.4, -0.2) is 35.7 Å². The number of hydrogen-bond donors (Lipinski definition) is 1. The van der Waals surface area contributed by atoms with E-state index < -0.39 is 5.97 Å². The van der Waals surface area contributed by atoms with Crippen LogP contribution in [0.25, 0.3) is 11.1 Å². The van der Waals surface area contributed by atoms with Gasteiger partial charge in [-0.2, -0.15) is 0 Å². The zero-order chi connectivity index (χ0) is 24.8. The lowest BCUT2D eigenvalue weighted by atomic mass is 9.96. The minimum absolute atomic E-state index is 0.0873. The zero-order valence-electron chi connectivity index (χ0n) is 20.3. The summed E-state index contributed by atoms with van der Waals surface area (Å²) in [4.78, 5) is 13.3. The second-order valence-corrected chi connectivity index (χ2v) is 9.13. The summed E-state index contributed by atoms with van der Waals surface area (Å²) in [6, 6.07) is 18.9. The van der Waals surface area contributed by atoms with Crippen LogP contribution >= 0.6 is 0 Å². The molecule has 0 aromatic heterocycles. The number of methoxy groups -OCH3 is 1. The number of carbonyl (C=O) groups is 1. The SMILES string of the molecule is COc1ccc(F)c(-c2ccc(COc3cccc(CCC(=O)O)c3)cc2CN2CCCC2C)c1. The highest BCUT2D eigenvalue weighted by Crippen LogP contribution is 2.33. The lowest BCUT2D eigenvalue weighted by Gasteiger charge is -2.23. The summed E-state index contributed by atoms with van der Waals surface area (Å²) in [5, 5.41) is 8.93. The second-order valence-electron chi connectivity index (χ2n) is 9.13. The van der Waals surface area contributed by atoms with Crippen LogP contribution in [-0.2, 0) is 24.4 Å². The molecule has 0 spiro atoms. The van der Waals surface area contributed by atoms with Gasteiger partial charge in [-0.15, -0.1) is 0 Å². The van der Waals surface area contributed by atoms with E-state index in [1.807, 2.05) is 36.4 Å². The summed E-state index contributed by atoms with van der Waals surface area (Å²) in [6.07, 6.45) is 2.89. The van der Waals surface area contributed by atoms with Crippen molar-refractivity contribution in [1.82, 2.24) is 4.90 Å². The van der Waals surface area contributed by atoms with Gasteiger partial charge >= 0.3 is 5.97 Å². The predicted octanol–water partition coefficient (Wildman–Crippen LogP) is 6.08. The van der Waals surface area contributed by atoms with Gasteiger partial charge in [0.25, 0.3) is 0 Å². The van der Waals surface area contributed by atoms with Crippen LogP contribution in [0.4, 0.5) is 4.39 Å². The van der Waals surface area contributed by atoms with Gasteiger partial charge in [0.2, 0.25) is 0 Å². The molecule has 1 atom stereocenters. The number of likely N-dealkylation sites (tertiary alicyclic amines) is 1. The van der Waals surface area contributed by atoms with Crippen molar-refractivity contribution < 1.29 is 23.8 Å². The second kappa shape index (κ2) is 11.4. The first-order chi connectivity index (χ1) is 16.9. The molecule has 0 radical (unpaired) electrons. The Labute approximate surface area is 206 Å². The van der Waals surface area contributed by atoms with E-state index in [1.54, 1.807) is 19.2 Å². The van der Waals surface area contributed by atoms with Crippen LogP contribution in [0.1, 0.15) is 42.9 Å². The maximum atomic E-state index is 14.9. The lowest BCUT2D eigenvalue weighted by molar-refractivity contribution is -0.136. The van der Waals surface area contributed by atoms with Crippen LogP contribution in [0, 0.1) is 5.82 Å². The van der Waals surface area contributed by atoms with Gasteiger partial charge in [-0.25, -0.2) is 4.39 Å². The van der Waals surface area contributed by atoms with Crippen LogP contribution < -0.4 is 9.47 Å². The van der Waals surface area contributed by atoms with Gasteiger partial charge in [0.1, 0.15) is 23.9 Å². The van der Waals surface area contributed by atoms with Crippen molar-refractivity contribution in [3.05, 3.63) is 83.2 Å². The molecule has 0 aliphatic carbocycles. The minimum atomic E-state index is -0.816. The quantitative estimate of drug-likeness (QED) is 0.383. The summed E-state index contributed by atoms with van der Waals surface area (Å²) >= 11 is 0. The van der Waals surface area contributed by atoms with Gasteiger partial charge in [0, 0.05) is 24.6 Å². The van der Waals surface area contributed by atoms with Crippen molar-refractivity contribution in [1.29, 1.82) is 0 Å². The highest BCUT2D eigenvalue weighted by molar-refractivity contribution is 5.70. The topological polar surface area (TPSA) is 59.0 Å². The number of benzene rings is 3. The van der Waals surface area contributed by atoms with Crippen molar-refractivity contribution in [2.45, 2.75) is 51.8 Å². The van der Waals surface area contributed by atoms with E-state index in [-0.39, 0.29) is 12.2 Å². The number of ether oxygens (including phenoxy) is 2. The van der Waals surface area contributed by atoms with E-state index in [1.165, 1.54) is 18.9 Å². The number of halogens is 1. The van der Waals surface area contributed by atoms with Crippen molar-refractivity contribution in [3.8, 4) is 22.6 Å². The summed E-state index contributed by atoms with van der Waals surface area (Å²) in [5.41, 5.74) is 4.37. The van der Waals surface area contributed by atoms with E-state index in [0.717, 1.165) is 35.3 Å². The Morgan fingerprint density at radius 3 is 2.66 bits per heavy atom. The van der Waals surface area contributed by atoms with Crippen LogP contribution in [0.5, 0.6) is 11.5 Å². The Morgan fingerprint density at radius 2 is 1.91 bits per heavy atom. The molecule has 1 fully saturated rings. The standard InChI is InChI=1S/C29H32FNO4/c1-20-5-4-14-31(20)18-23-15-22(8-11-26(23)27-17-24(34-2)10-12-28(27)30)19-35-25-7-3-6-21(16-25)9-13-29(32)33/h3,6-8,10-12,15-17,20H,4-5,9,13-14,18-19H2,1-2H3,(H,32,33). The van der Waals surface area contributed by atoms with Crippen LogP contribution in [0.15, 0.2) is 60.7 Å². The molecule has 1 aliphatic heterocycles. The molecule has 184 valence electrons. The average molecular weight is 478 g/mol. The number of aliphatic carboxylic acids is 1. The van der Waals surface area contributed by atoms with Gasteiger partial charge < -0.3 is 14.6 Å². The number of aryl methyl sites for hydroxylation is 1. The molecule has 1 saturated heterocycles. The molecule has 1 heterocycles. The zero-order valence-corrected chi connectivity index (χ0v) is 20.3. The van der Waals surface area contributed by atoms with E-state index in [0.29, 0.717) is 36.1 Å². The lowest BCUT2D eigenvalue weighted by Crippen LogP contribution is -2.26. The third kappa shape index (κ3) is 6.40. The third-order valence-electron chi connectivity index (χ3n) is 6.63. The normalized spacial score (nSPS) is 15.8. The van der Waals surface area contributed by atoms with Crippen molar-refractivity contribution in [2.75, 3.05) is 13.7 Å². The van der Waals surface area contributed by atoms with Crippen LogP contribution in [0.3, 0.4) is 0 Å². The molecule has 0 amide bonds.